The average Bonchev–Trinajstić information content (AvgIpc) is 3.14. The average molecular weight is 405 g/mol. The standard InChI is InChI=1S/C22H17ClN4O2/c1-14(27-12-10-16-13-17(23)5-8-19(16)22(27)29)21(28)25-18-6-3-15(4-7-18)20-9-11-24-26(20)2/h3-13H,1H2,2H3,(H,25,28). The second kappa shape index (κ2) is 7.41. The zero-order chi connectivity index (χ0) is 20.5. The summed E-state index contributed by atoms with van der Waals surface area (Å²) in [5.74, 6) is -0.464. The molecule has 0 aliphatic carbocycles. The Balaban J connectivity index is 1.56. The summed E-state index contributed by atoms with van der Waals surface area (Å²) in [7, 11) is 1.87. The van der Waals surface area contributed by atoms with Crippen LogP contribution >= 0.6 is 11.6 Å². The van der Waals surface area contributed by atoms with Gasteiger partial charge in [-0.15, -0.1) is 0 Å². The summed E-state index contributed by atoms with van der Waals surface area (Å²) in [5.41, 5.74) is 2.25. The van der Waals surface area contributed by atoms with Crippen molar-refractivity contribution < 1.29 is 4.79 Å². The maximum atomic E-state index is 12.7. The molecule has 2 aromatic carbocycles. The zero-order valence-electron chi connectivity index (χ0n) is 15.6. The van der Waals surface area contributed by atoms with Gasteiger partial charge in [0.2, 0.25) is 0 Å². The summed E-state index contributed by atoms with van der Waals surface area (Å²) in [6.45, 7) is 3.79. The topological polar surface area (TPSA) is 68.9 Å². The number of nitrogens with zero attached hydrogens (tertiary/aromatic N) is 3. The highest BCUT2D eigenvalue weighted by Gasteiger charge is 2.13. The summed E-state index contributed by atoms with van der Waals surface area (Å²) in [5, 5.41) is 8.63. The second-order valence-electron chi connectivity index (χ2n) is 6.54. The van der Waals surface area contributed by atoms with Crippen molar-refractivity contribution in [3.63, 3.8) is 0 Å². The first-order valence-corrected chi connectivity index (χ1v) is 9.22. The maximum absolute atomic E-state index is 12.7. The Bertz CT molecular complexity index is 1300. The first-order chi connectivity index (χ1) is 13.9. The molecule has 7 heteroatoms. The van der Waals surface area contributed by atoms with Gasteiger partial charge < -0.3 is 5.32 Å². The number of carbonyl (C=O) groups excluding carboxylic acids is 1. The van der Waals surface area contributed by atoms with Gasteiger partial charge in [0.15, 0.2) is 0 Å². The van der Waals surface area contributed by atoms with Crippen LogP contribution in [0.3, 0.4) is 0 Å². The number of rotatable bonds is 4. The van der Waals surface area contributed by atoms with Crippen LogP contribution < -0.4 is 10.9 Å². The number of fused-ring (bicyclic) bond motifs is 1. The number of halogens is 1. The van der Waals surface area contributed by atoms with Crippen molar-refractivity contribution in [2.45, 2.75) is 0 Å². The Morgan fingerprint density at radius 3 is 2.55 bits per heavy atom. The Hall–Kier alpha value is -3.64. The van der Waals surface area contributed by atoms with E-state index in [-0.39, 0.29) is 11.3 Å². The van der Waals surface area contributed by atoms with Crippen LogP contribution in [0.15, 0.2) is 78.4 Å². The molecule has 0 fully saturated rings. The van der Waals surface area contributed by atoms with Crippen LogP contribution in [0.2, 0.25) is 5.02 Å². The fourth-order valence-electron chi connectivity index (χ4n) is 3.13. The summed E-state index contributed by atoms with van der Waals surface area (Å²) in [6, 6.07) is 16.0. The van der Waals surface area contributed by atoms with E-state index in [9.17, 15) is 9.59 Å². The van der Waals surface area contributed by atoms with Gasteiger partial charge in [0.1, 0.15) is 5.70 Å². The lowest BCUT2D eigenvalue weighted by molar-refractivity contribution is -0.111. The summed E-state index contributed by atoms with van der Waals surface area (Å²) < 4.78 is 3.00. The molecule has 29 heavy (non-hydrogen) atoms. The molecule has 0 aliphatic rings. The van der Waals surface area contributed by atoms with Gasteiger partial charge in [-0.3, -0.25) is 18.8 Å². The highest BCUT2D eigenvalue weighted by molar-refractivity contribution is 6.31. The summed E-state index contributed by atoms with van der Waals surface area (Å²) >= 11 is 5.97. The number of carbonyl (C=O) groups is 1. The number of anilines is 1. The highest BCUT2D eigenvalue weighted by atomic mass is 35.5. The van der Waals surface area contributed by atoms with Crippen LogP contribution in [0.1, 0.15) is 0 Å². The molecule has 0 aliphatic heterocycles. The second-order valence-corrected chi connectivity index (χ2v) is 6.98. The number of benzene rings is 2. The monoisotopic (exact) mass is 404 g/mol. The molecule has 4 rings (SSSR count). The molecular weight excluding hydrogens is 388 g/mol. The Kier molecular flexibility index (Phi) is 4.78. The van der Waals surface area contributed by atoms with Crippen LogP contribution in [0.5, 0.6) is 0 Å². The molecule has 0 spiro atoms. The lowest BCUT2D eigenvalue weighted by Gasteiger charge is -2.11. The minimum absolute atomic E-state index is 0.0301. The third-order valence-electron chi connectivity index (χ3n) is 4.68. The molecule has 4 aromatic rings. The van der Waals surface area contributed by atoms with Crippen molar-refractivity contribution in [1.82, 2.24) is 14.3 Å². The van der Waals surface area contributed by atoms with Gasteiger partial charge in [0.25, 0.3) is 11.5 Å². The Morgan fingerprint density at radius 2 is 1.86 bits per heavy atom. The van der Waals surface area contributed by atoms with Crippen LogP contribution in [0, 0.1) is 0 Å². The quantitative estimate of drug-likeness (QED) is 0.519. The van der Waals surface area contributed by atoms with Gasteiger partial charge in [0.05, 0.1) is 5.69 Å². The van der Waals surface area contributed by atoms with Gasteiger partial charge in [-0.2, -0.15) is 5.10 Å². The molecule has 144 valence electrons. The van der Waals surface area contributed by atoms with Gasteiger partial charge in [-0.1, -0.05) is 30.3 Å². The maximum Gasteiger partial charge on any atom is 0.272 e. The lowest BCUT2D eigenvalue weighted by Crippen LogP contribution is -2.25. The van der Waals surface area contributed by atoms with E-state index in [1.54, 1.807) is 47.3 Å². The molecule has 1 amide bonds. The smallest absolute Gasteiger partial charge is 0.272 e. The normalized spacial score (nSPS) is 10.8. The number of pyridine rings is 1. The first-order valence-electron chi connectivity index (χ1n) is 8.84. The molecule has 0 saturated carbocycles. The predicted octanol–water partition coefficient (Wildman–Crippen LogP) is 4.16. The Morgan fingerprint density at radius 1 is 1.10 bits per heavy atom. The molecule has 1 N–H and O–H groups in total. The van der Waals surface area contributed by atoms with Crippen LogP contribution in [0.4, 0.5) is 5.69 Å². The van der Waals surface area contributed by atoms with Crippen LogP contribution in [-0.4, -0.2) is 20.3 Å². The molecule has 2 aromatic heterocycles. The molecule has 6 nitrogen and oxygen atoms in total. The molecule has 0 radical (unpaired) electrons. The lowest BCUT2D eigenvalue weighted by atomic mass is 10.1. The third-order valence-corrected chi connectivity index (χ3v) is 4.91. The number of aryl methyl sites for hydroxylation is 1. The number of nitrogens with one attached hydrogen (secondary N) is 1. The Labute approximate surface area is 171 Å². The largest absolute Gasteiger partial charge is 0.321 e. The van der Waals surface area contributed by atoms with E-state index in [0.29, 0.717) is 21.5 Å². The minimum Gasteiger partial charge on any atom is -0.321 e. The molecule has 0 atom stereocenters. The van der Waals surface area contributed by atoms with Gasteiger partial charge >= 0.3 is 0 Å². The van der Waals surface area contributed by atoms with Gasteiger partial charge in [-0.05, 0) is 53.4 Å². The van der Waals surface area contributed by atoms with E-state index in [4.69, 9.17) is 11.6 Å². The molecular formula is C22H17ClN4O2. The molecule has 0 saturated heterocycles. The number of amides is 1. The zero-order valence-corrected chi connectivity index (χ0v) is 16.3. The molecule has 0 bridgehead atoms. The molecule has 2 heterocycles. The number of hydrogen-bond donors (Lipinski definition) is 1. The van der Waals surface area contributed by atoms with E-state index in [0.717, 1.165) is 11.3 Å². The first kappa shape index (κ1) is 18.7. The van der Waals surface area contributed by atoms with E-state index in [1.165, 1.54) is 10.8 Å². The predicted molar refractivity (Wildman–Crippen MR) is 116 cm³/mol. The fourth-order valence-corrected chi connectivity index (χ4v) is 3.31. The summed E-state index contributed by atoms with van der Waals surface area (Å²) in [6.07, 6.45) is 3.25. The van der Waals surface area contributed by atoms with Crippen molar-refractivity contribution in [3.8, 4) is 11.3 Å². The summed E-state index contributed by atoms with van der Waals surface area (Å²) in [4.78, 5) is 25.3. The number of hydrogen-bond acceptors (Lipinski definition) is 3. The van der Waals surface area contributed by atoms with Crippen molar-refractivity contribution >= 4 is 39.7 Å². The highest BCUT2D eigenvalue weighted by Crippen LogP contribution is 2.21. The fraction of sp³-hybridized carbons (Fsp3) is 0.0455. The minimum atomic E-state index is -0.464. The van der Waals surface area contributed by atoms with Crippen molar-refractivity contribution in [3.05, 3.63) is 88.9 Å². The van der Waals surface area contributed by atoms with Crippen molar-refractivity contribution in [2.75, 3.05) is 5.32 Å². The van der Waals surface area contributed by atoms with Gasteiger partial charge in [0, 0.05) is 35.5 Å². The van der Waals surface area contributed by atoms with E-state index >= 15 is 0 Å². The van der Waals surface area contributed by atoms with Crippen LogP contribution in [0.25, 0.3) is 27.7 Å². The van der Waals surface area contributed by atoms with Gasteiger partial charge in [-0.25, -0.2) is 0 Å². The van der Waals surface area contributed by atoms with E-state index in [1.807, 2.05) is 25.2 Å². The van der Waals surface area contributed by atoms with E-state index < -0.39 is 5.91 Å². The number of aromatic nitrogens is 3. The van der Waals surface area contributed by atoms with Crippen molar-refractivity contribution in [1.29, 1.82) is 0 Å². The van der Waals surface area contributed by atoms with Crippen LogP contribution in [-0.2, 0) is 11.8 Å². The third kappa shape index (κ3) is 3.58. The van der Waals surface area contributed by atoms with E-state index in [2.05, 4.69) is 17.0 Å². The van der Waals surface area contributed by atoms with Crippen molar-refractivity contribution in [2.24, 2.45) is 7.05 Å². The SMILES string of the molecule is C=C(C(=O)Nc1ccc(-c2ccnn2C)cc1)n1ccc2cc(Cl)ccc2c1=O. The molecule has 0 unspecified atom stereocenters.